The Balaban J connectivity index is 2.83. The van der Waals surface area contributed by atoms with Crippen LogP contribution >= 0.6 is 0 Å². The second-order valence-electron chi connectivity index (χ2n) is 3.70. The summed E-state index contributed by atoms with van der Waals surface area (Å²) in [7, 11) is 0. The van der Waals surface area contributed by atoms with Crippen LogP contribution in [-0.4, -0.2) is 31.7 Å². The molecule has 0 atom stereocenters. The summed E-state index contributed by atoms with van der Waals surface area (Å²) in [5, 5.41) is 2.45. The maximum absolute atomic E-state index is 11.5. The van der Waals surface area contributed by atoms with Gasteiger partial charge in [0, 0.05) is 11.8 Å². The minimum atomic E-state index is -0.917. The van der Waals surface area contributed by atoms with Gasteiger partial charge in [0.2, 0.25) is 0 Å². The summed E-state index contributed by atoms with van der Waals surface area (Å²) in [6.07, 6.45) is 0. The van der Waals surface area contributed by atoms with Gasteiger partial charge in [0.25, 0.3) is 0 Å². The van der Waals surface area contributed by atoms with E-state index in [9.17, 15) is 9.59 Å². The van der Waals surface area contributed by atoms with Crippen LogP contribution in [-0.2, 0) is 14.3 Å². The molecule has 0 unspecified atom stereocenters. The smallest absolute Gasteiger partial charge is 0.397 e. The molecule has 1 aromatic rings. The number of anilines is 1. The topological polar surface area (TPSA) is 73.9 Å². The molecule has 1 aromatic carbocycles. The average Bonchev–Trinajstić information content (AvgIpc) is 2.42. The van der Waals surface area contributed by atoms with Crippen LogP contribution in [0, 0.1) is 0 Å². The first-order valence-electron chi connectivity index (χ1n) is 6.50. The Morgan fingerprint density at radius 2 is 1.65 bits per heavy atom. The lowest BCUT2D eigenvalue weighted by Gasteiger charge is -2.12. The zero-order valence-corrected chi connectivity index (χ0v) is 11.9. The van der Waals surface area contributed by atoms with Gasteiger partial charge >= 0.3 is 11.9 Å². The second kappa shape index (κ2) is 8.04. The van der Waals surface area contributed by atoms with Gasteiger partial charge in [0.1, 0.15) is 0 Å². The van der Waals surface area contributed by atoms with E-state index in [4.69, 9.17) is 9.47 Å². The molecule has 6 nitrogen and oxygen atoms in total. The third kappa shape index (κ3) is 4.46. The van der Waals surface area contributed by atoms with Crippen LogP contribution in [0.2, 0.25) is 0 Å². The van der Waals surface area contributed by atoms with Crippen LogP contribution in [0.1, 0.15) is 20.8 Å². The number of hydrogen-bond donors (Lipinski definition) is 1. The van der Waals surface area contributed by atoms with Crippen LogP contribution in [0.4, 0.5) is 5.69 Å². The highest BCUT2D eigenvalue weighted by atomic mass is 16.5. The molecule has 0 aliphatic rings. The maximum Gasteiger partial charge on any atom is 0.397 e. The summed E-state index contributed by atoms with van der Waals surface area (Å²) in [5.41, 5.74) is 0.440. The molecule has 0 saturated carbocycles. The van der Waals surface area contributed by atoms with E-state index in [0.29, 0.717) is 30.4 Å². The first-order chi connectivity index (χ1) is 9.62. The normalized spacial score (nSPS) is 9.75. The van der Waals surface area contributed by atoms with Crippen molar-refractivity contribution in [2.75, 3.05) is 25.1 Å². The quantitative estimate of drug-likeness (QED) is 0.637. The number of esters is 1. The van der Waals surface area contributed by atoms with Gasteiger partial charge in [0.15, 0.2) is 11.5 Å². The first-order valence-corrected chi connectivity index (χ1v) is 6.50. The molecule has 6 heteroatoms. The lowest BCUT2D eigenvalue weighted by atomic mass is 10.2. The van der Waals surface area contributed by atoms with Crippen molar-refractivity contribution in [3.05, 3.63) is 18.2 Å². The molecule has 0 aliphatic heterocycles. The van der Waals surface area contributed by atoms with Crippen molar-refractivity contribution in [2.24, 2.45) is 0 Å². The van der Waals surface area contributed by atoms with Gasteiger partial charge in [-0.05, 0) is 32.9 Å². The van der Waals surface area contributed by atoms with Gasteiger partial charge in [0.05, 0.1) is 19.8 Å². The second-order valence-corrected chi connectivity index (χ2v) is 3.70. The van der Waals surface area contributed by atoms with E-state index in [1.54, 1.807) is 25.1 Å². The molecular formula is C14H19NO5. The van der Waals surface area contributed by atoms with E-state index in [1.165, 1.54) is 0 Å². The van der Waals surface area contributed by atoms with Crippen LogP contribution in [0.3, 0.4) is 0 Å². The lowest BCUT2D eigenvalue weighted by molar-refractivity contribution is -0.152. The molecule has 0 fully saturated rings. The maximum atomic E-state index is 11.5. The fraction of sp³-hybridized carbons (Fsp3) is 0.429. The Labute approximate surface area is 118 Å². The Morgan fingerprint density at radius 3 is 2.25 bits per heavy atom. The van der Waals surface area contributed by atoms with Crippen LogP contribution in [0.25, 0.3) is 0 Å². The predicted octanol–water partition coefficient (Wildman–Crippen LogP) is 1.99. The standard InChI is InChI=1S/C14H19NO5/c1-4-18-11-8-7-10(9-12(11)19-5-2)15-13(16)14(17)20-6-3/h7-9H,4-6H2,1-3H3,(H,15,16). The predicted molar refractivity (Wildman–Crippen MR) is 74.0 cm³/mol. The summed E-state index contributed by atoms with van der Waals surface area (Å²) < 4.78 is 15.4. The van der Waals surface area contributed by atoms with Gasteiger partial charge in [-0.2, -0.15) is 0 Å². The number of ether oxygens (including phenoxy) is 3. The number of amides is 1. The number of hydrogen-bond acceptors (Lipinski definition) is 5. The molecule has 1 rings (SSSR count). The molecule has 0 radical (unpaired) electrons. The molecule has 1 amide bonds. The molecule has 0 aliphatic carbocycles. The van der Waals surface area contributed by atoms with E-state index in [2.05, 4.69) is 10.1 Å². The molecule has 0 bridgehead atoms. The number of nitrogens with one attached hydrogen (secondary N) is 1. The third-order valence-corrected chi connectivity index (χ3v) is 2.26. The zero-order chi connectivity index (χ0) is 15.0. The zero-order valence-electron chi connectivity index (χ0n) is 11.9. The molecular weight excluding hydrogens is 262 g/mol. The Hall–Kier alpha value is -2.24. The van der Waals surface area contributed by atoms with Crippen molar-refractivity contribution in [1.82, 2.24) is 0 Å². The minimum absolute atomic E-state index is 0.153. The van der Waals surface area contributed by atoms with Gasteiger partial charge in [-0.3, -0.25) is 4.79 Å². The number of carbonyl (C=O) groups excluding carboxylic acids is 2. The first kappa shape index (κ1) is 15.8. The van der Waals surface area contributed by atoms with E-state index in [0.717, 1.165) is 0 Å². The minimum Gasteiger partial charge on any atom is -0.490 e. The van der Waals surface area contributed by atoms with Crippen molar-refractivity contribution >= 4 is 17.6 Å². The lowest BCUT2D eigenvalue weighted by Crippen LogP contribution is -2.24. The molecule has 0 spiro atoms. The molecule has 1 N–H and O–H groups in total. The van der Waals surface area contributed by atoms with Crippen molar-refractivity contribution in [3.8, 4) is 11.5 Å². The Morgan fingerprint density at radius 1 is 1.00 bits per heavy atom. The van der Waals surface area contributed by atoms with Gasteiger partial charge in [-0.25, -0.2) is 4.79 Å². The van der Waals surface area contributed by atoms with Crippen LogP contribution in [0.5, 0.6) is 11.5 Å². The van der Waals surface area contributed by atoms with Crippen molar-refractivity contribution in [2.45, 2.75) is 20.8 Å². The Kier molecular flexibility index (Phi) is 6.36. The van der Waals surface area contributed by atoms with Gasteiger partial charge < -0.3 is 19.5 Å². The summed E-state index contributed by atoms with van der Waals surface area (Å²) in [6.45, 7) is 6.48. The third-order valence-electron chi connectivity index (χ3n) is 2.26. The largest absolute Gasteiger partial charge is 0.490 e. The number of benzene rings is 1. The van der Waals surface area contributed by atoms with Crippen LogP contribution < -0.4 is 14.8 Å². The van der Waals surface area contributed by atoms with Crippen molar-refractivity contribution < 1.29 is 23.8 Å². The fourth-order valence-electron chi connectivity index (χ4n) is 1.51. The highest BCUT2D eigenvalue weighted by Crippen LogP contribution is 2.30. The van der Waals surface area contributed by atoms with Crippen molar-refractivity contribution in [3.63, 3.8) is 0 Å². The summed E-state index contributed by atoms with van der Waals surface area (Å²) in [4.78, 5) is 22.8. The number of rotatable bonds is 6. The van der Waals surface area contributed by atoms with E-state index in [1.807, 2.05) is 13.8 Å². The highest BCUT2D eigenvalue weighted by Gasteiger charge is 2.16. The van der Waals surface area contributed by atoms with E-state index >= 15 is 0 Å². The van der Waals surface area contributed by atoms with Gasteiger partial charge in [-0.1, -0.05) is 0 Å². The average molecular weight is 281 g/mol. The molecule has 0 heterocycles. The highest BCUT2D eigenvalue weighted by molar-refractivity contribution is 6.37. The molecule has 0 aromatic heterocycles. The Bertz CT molecular complexity index is 473. The SMILES string of the molecule is CCOC(=O)C(=O)Nc1ccc(OCC)c(OCC)c1. The summed E-state index contributed by atoms with van der Waals surface area (Å²) >= 11 is 0. The van der Waals surface area contributed by atoms with E-state index in [-0.39, 0.29) is 6.61 Å². The molecule has 20 heavy (non-hydrogen) atoms. The van der Waals surface area contributed by atoms with Crippen molar-refractivity contribution in [1.29, 1.82) is 0 Å². The van der Waals surface area contributed by atoms with Crippen LogP contribution in [0.15, 0.2) is 18.2 Å². The summed E-state index contributed by atoms with van der Waals surface area (Å²) in [5.74, 6) is -0.641. The fourth-order valence-corrected chi connectivity index (χ4v) is 1.51. The van der Waals surface area contributed by atoms with E-state index < -0.39 is 11.9 Å². The monoisotopic (exact) mass is 281 g/mol. The number of carbonyl (C=O) groups is 2. The molecule has 110 valence electrons. The molecule has 0 saturated heterocycles. The van der Waals surface area contributed by atoms with Gasteiger partial charge in [-0.15, -0.1) is 0 Å². The summed E-state index contributed by atoms with van der Waals surface area (Å²) in [6, 6.07) is 4.91.